The van der Waals surface area contributed by atoms with Crippen LogP contribution in [0.15, 0.2) is 54.6 Å². The molecule has 2 rings (SSSR count). The number of rotatable bonds is 6. The Morgan fingerprint density at radius 2 is 1.87 bits per heavy atom. The van der Waals surface area contributed by atoms with Gasteiger partial charge in [-0.2, -0.15) is 0 Å². The topological polar surface area (TPSA) is 38.3 Å². The molecule has 2 aromatic rings. The van der Waals surface area contributed by atoms with Crippen molar-refractivity contribution in [3.63, 3.8) is 0 Å². The summed E-state index contributed by atoms with van der Waals surface area (Å²) in [6.45, 7) is 4.11. The Morgan fingerprint density at radius 1 is 1.17 bits per heavy atom. The van der Waals surface area contributed by atoms with Crippen LogP contribution in [0.25, 0.3) is 6.08 Å². The van der Waals surface area contributed by atoms with E-state index in [1.54, 1.807) is 13.2 Å². The predicted octanol–water partition coefficient (Wildman–Crippen LogP) is 4.15. The zero-order chi connectivity index (χ0) is 16.7. The molecule has 0 spiro atoms. The average molecular weight is 309 g/mol. The Hall–Kier alpha value is -2.55. The number of carbonyl (C=O) groups is 1. The van der Waals surface area contributed by atoms with Crippen molar-refractivity contribution in [1.29, 1.82) is 0 Å². The Balaban J connectivity index is 1.99. The number of methoxy groups -OCH3 is 1. The summed E-state index contributed by atoms with van der Waals surface area (Å²) in [6, 6.07) is 15.9. The molecule has 0 radical (unpaired) electrons. The maximum atomic E-state index is 12.1. The molecular weight excluding hydrogens is 286 g/mol. The number of amides is 1. The minimum Gasteiger partial charge on any atom is -0.496 e. The van der Waals surface area contributed by atoms with Gasteiger partial charge in [-0.15, -0.1) is 0 Å². The zero-order valence-electron chi connectivity index (χ0n) is 13.9. The fourth-order valence-corrected chi connectivity index (χ4v) is 2.36. The van der Waals surface area contributed by atoms with Crippen LogP contribution in [0.5, 0.6) is 5.75 Å². The number of benzene rings is 2. The summed E-state index contributed by atoms with van der Waals surface area (Å²) >= 11 is 0. The highest BCUT2D eigenvalue weighted by Gasteiger charge is 2.07. The van der Waals surface area contributed by atoms with E-state index in [0.29, 0.717) is 0 Å². The van der Waals surface area contributed by atoms with E-state index < -0.39 is 0 Å². The van der Waals surface area contributed by atoms with E-state index in [9.17, 15) is 4.79 Å². The third-order valence-corrected chi connectivity index (χ3v) is 3.80. The van der Waals surface area contributed by atoms with Gasteiger partial charge in [0.25, 0.3) is 0 Å². The third-order valence-electron chi connectivity index (χ3n) is 3.80. The molecular formula is C20H23NO2. The summed E-state index contributed by atoms with van der Waals surface area (Å²) in [4.78, 5) is 12.1. The van der Waals surface area contributed by atoms with Crippen LogP contribution in [0.2, 0.25) is 0 Å². The van der Waals surface area contributed by atoms with E-state index in [-0.39, 0.29) is 11.9 Å². The molecule has 0 bridgehead atoms. The maximum absolute atomic E-state index is 12.1. The van der Waals surface area contributed by atoms with E-state index >= 15 is 0 Å². The van der Waals surface area contributed by atoms with E-state index in [1.165, 1.54) is 11.6 Å². The number of hydrogen-bond acceptors (Lipinski definition) is 2. The van der Waals surface area contributed by atoms with Crippen LogP contribution >= 0.6 is 0 Å². The molecule has 0 fully saturated rings. The van der Waals surface area contributed by atoms with Gasteiger partial charge in [0.05, 0.1) is 13.2 Å². The molecule has 120 valence electrons. The van der Waals surface area contributed by atoms with Crippen LogP contribution < -0.4 is 10.1 Å². The number of hydrogen-bond donors (Lipinski definition) is 1. The van der Waals surface area contributed by atoms with Gasteiger partial charge in [-0.1, -0.05) is 49.4 Å². The molecule has 3 nitrogen and oxygen atoms in total. The first-order valence-electron chi connectivity index (χ1n) is 7.84. The van der Waals surface area contributed by atoms with Crippen LogP contribution in [0.3, 0.4) is 0 Å². The van der Waals surface area contributed by atoms with Crippen LogP contribution in [0, 0.1) is 0 Å². The monoisotopic (exact) mass is 309 g/mol. The molecule has 0 saturated heterocycles. The Kier molecular flexibility index (Phi) is 5.98. The molecule has 1 amide bonds. The van der Waals surface area contributed by atoms with Gasteiger partial charge in [-0.3, -0.25) is 4.79 Å². The molecule has 0 heterocycles. The second kappa shape index (κ2) is 8.18. The van der Waals surface area contributed by atoms with E-state index in [0.717, 1.165) is 23.3 Å². The minimum atomic E-state index is -0.122. The highest BCUT2D eigenvalue weighted by atomic mass is 16.5. The van der Waals surface area contributed by atoms with Crippen molar-refractivity contribution in [2.24, 2.45) is 0 Å². The van der Waals surface area contributed by atoms with Gasteiger partial charge in [0.15, 0.2) is 0 Å². The summed E-state index contributed by atoms with van der Waals surface area (Å²) in [6.07, 6.45) is 4.32. The van der Waals surface area contributed by atoms with Crippen molar-refractivity contribution in [2.75, 3.05) is 7.11 Å². The van der Waals surface area contributed by atoms with Gasteiger partial charge in [-0.25, -0.2) is 0 Å². The average Bonchev–Trinajstić information content (AvgIpc) is 2.60. The number of aryl methyl sites for hydroxylation is 1. The first-order chi connectivity index (χ1) is 11.1. The number of carbonyl (C=O) groups excluding carboxylic acids is 1. The molecule has 1 N–H and O–H groups in total. The lowest BCUT2D eigenvalue weighted by Crippen LogP contribution is -2.24. The number of ether oxygens (including phenoxy) is 1. The van der Waals surface area contributed by atoms with Crippen molar-refractivity contribution >= 4 is 12.0 Å². The van der Waals surface area contributed by atoms with Crippen LogP contribution in [-0.4, -0.2) is 13.0 Å². The van der Waals surface area contributed by atoms with Gasteiger partial charge >= 0.3 is 0 Å². The van der Waals surface area contributed by atoms with E-state index in [2.05, 4.69) is 36.5 Å². The molecule has 3 heteroatoms. The lowest BCUT2D eigenvalue weighted by Gasteiger charge is -2.13. The molecule has 0 aliphatic heterocycles. The Morgan fingerprint density at radius 3 is 2.52 bits per heavy atom. The lowest BCUT2D eigenvalue weighted by molar-refractivity contribution is -0.117. The van der Waals surface area contributed by atoms with Crippen molar-refractivity contribution in [1.82, 2.24) is 5.32 Å². The fraction of sp³-hybridized carbons (Fsp3) is 0.250. The molecule has 1 atom stereocenters. The molecule has 0 aliphatic rings. The van der Waals surface area contributed by atoms with Gasteiger partial charge < -0.3 is 10.1 Å². The number of nitrogens with one attached hydrogen (secondary N) is 1. The van der Waals surface area contributed by atoms with Gasteiger partial charge in [0.1, 0.15) is 5.75 Å². The first-order valence-corrected chi connectivity index (χ1v) is 7.84. The van der Waals surface area contributed by atoms with Crippen molar-refractivity contribution < 1.29 is 9.53 Å². The van der Waals surface area contributed by atoms with E-state index in [4.69, 9.17) is 4.74 Å². The molecule has 1 unspecified atom stereocenters. The van der Waals surface area contributed by atoms with Gasteiger partial charge in [0.2, 0.25) is 5.91 Å². The first kappa shape index (κ1) is 16.8. The Bertz CT molecular complexity index is 674. The standard InChI is InChI=1S/C20H23NO2/c1-4-16-9-11-17(12-10-16)15(2)21-20(22)14-13-18-7-5-6-8-19(18)23-3/h5-15H,4H2,1-3H3,(H,21,22)/b14-13+. The van der Waals surface area contributed by atoms with Crippen LogP contribution in [0.4, 0.5) is 0 Å². The second-order valence-corrected chi connectivity index (χ2v) is 5.40. The third kappa shape index (κ3) is 4.71. The highest BCUT2D eigenvalue weighted by molar-refractivity contribution is 5.92. The zero-order valence-corrected chi connectivity index (χ0v) is 13.9. The number of para-hydroxylation sites is 1. The van der Waals surface area contributed by atoms with Crippen LogP contribution in [0.1, 0.15) is 36.6 Å². The molecule has 0 saturated carbocycles. The normalized spacial score (nSPS) is 12.1. The smallest absolute Gasteiger partial charge is 0.244 e. The van der Waals surface area contributed by atoms with Gasteiger partial charge in [0, 0.05) is 11.6 Å². The predicted molar refractivity (Wildman–Crippen MR) is 94.4 cm³/mol. The summed E-state index contributed by atoms with van der Waals surface area (Å²) in [5.41, 5.74) is 3.27. The summed E-state index contributed by atoms with van der Waals surface area (Å²) in [5.74, 6) is 0.628. The summed E-state index contributed by atoms with van der Waals surface area (Å²) in [7, 11) is 1.62. The van der Waals surface area contributed by atoms with E-state index in [1.807, 2.05) is 31.2 Å². The molecule has 0 aliphatic carbocycles. The summed E-state index contributed by atoms with van der Waals surface area (Å²) < 4.78 is 5.27. The molecule has 2 aromatic carbocycles. The molecule has 0 aromatic heterocycles. The SMILES string of the molecule is CCc1ccc(C(C)NC(=O)/C=C/c2ccccc2OC)cc1. The maximum Gasteiger partial charge on any atom is 0.244 e. The second-order valence-electron chi connectivity index (χ2n) is 5.40. The lowest BCUT2D eigenvalue weighted by atomic mass is 10.0. The van der Waals surface area contributed by atoms with Gasteiger partial charge in [-0.05, 0) is 36.6 Å². The minimum absolute atomic E-state index is 0.0317. The Labute approximate surface area is 138 Å². The van der Waals surface area contributed by atoms with Crippen molar-refractivity contribution in [3.8, 4) is 5.75 Å². The highest BCUT2D eigenvalue weighted by Crippen LogP contribution is 2.19. The molecule has 23 heavy (non-hydrogen) atoms. The quantitative estimate of drug-likeness (QED) is 0.814. The largest absolute Gasteiger partial charge is 0.496 e. The van der Waals surface area contributed by atoms with Crippen molar-refractivity contribution in [2.45, 2.75) is 26.3 Å². The fourth-order valence-electron chi connectivity index (χ4n) is 2.36. The van der Waals surface area contributed by atoms with Crippen molar-refractivity contribution in [3.05, 3.63) is 71.3 Å². The van der Waals surface area contributed by atoms with Crippen LogP contribution in [-0.2, 0) is 11.2 Å². The summed E-state index contributed by atoms with van der Waals surface area (Å²) in [5, 5.41) is 2.97.